The monoisotopic (exact) mass is 382 g/mol. The highest BCUT2D eigenvalue weighted by Gasteiger charge is 2.07. The van der Waals surface area contributed by atoms with Gasteiger partial charge in [0.2, 0.25) is 0 Å². The number of para-hydroxylation sites is 1. The van der Waals surface area contributed by atoms with Crippen LogP contribution in [0.2, 0.25) is 0 Å². The molecule has 0 unspecified atom stereocenters. The molecule has 0 fully saturated rings. The van der Waals surface area contributed by atoms with Crippen LogP contribution in [0.4, 0.5) is 0 Å². The van der Waals surface area contributed by atoms with E-state index in [4.69, 9.17) is 9.47 Å². The van der Waals surface area contributed by atoms with Crippen LogP contribution < -0.4 is 9.47 Å². The van der Waals surface area contributed by atoms with E-state index >= 15 is 0 Å². The van der Waals surface area contributed by atoms with Gasteiger partial charge in [0, 0.05) is 18.2 Å². The van der Waals surface area contributed by atoms with E-state index in [0.29, 0.717) is 19.0 Å². The predicted octanol–water partition coefficient (Wildman–Crippen LogP) is 4.61. The molecule has 4 nitrogen and oxygen atoms in total. The van der Waals surface area contributed by atoms with Gasteiger partial charge < -0.3 is 9.47 Å². The lowest BCUT2D eigenvalue weighted by Crippen LogP contribution is -2.05. The third-order valence-electron chi connectivity index (χ3n) is 4.04. The Morgan fingerprint density at radius 3 is 2.07 bits per heavy atom. The number of ether oxygens (including phenoxy) is 2. The lowest BCUT2D eigenvalue weighted by molar-refractivity contribution is 0.248. The molecule has 0 amide bonds. The molecule has 0 radical (unpaired) electrons. The van der Waals surface area contributed by atoms with Crippen molar-refractivity contribution in [3.63, 3.8) is 0 Å². The molecule has 0 aliphatic heterocycles. The zero-order valence-electron chi connectivity index (χ0n) is 15.2. The first-order valence-corrected chi connectivity index (χ1v) is 10.6. The highest BCUT2D eigenvalue weighted by atomic mass is 32.2. The van der Waals surface area contributed by atoms with Gasteiger partial charge in [-0.25, -0.2) is 8.42 Å². The van der Waals surface area contributed by atoms with Crippen molar-refractivity contribution in [2.75, 3.05) is 19.5 Å². The quantitative estimate of drug-likeness (QED) is 0.534. The molecule has 0 aliphatic rings. The Morgan fingerprint density at radius 1 is 0.741 bits per heavy atom. The van der Waals surface area contributed by atoms with Crippen LogP contribution in [-0.2, 0) is 9.84 Å². The van der Waals surface area contributed by atoms with E-state index in [2.05, 4.69) is 12.1 Å². The van der Waals surface area contributed by atoms with Crippen LogP contribution in [-0.4, -0.2) is 27.9 Å². The predicted molar refractivity (Wildman–Crippen MR) is 107 cm³/mol. The number of rotatable bonds is 8. The van der Waals surface area contributed by atoms with Gasteiger partial charge in [0.05, 0.1) is 18.1 Å². The molecule has 0 N–H and O–H groups in total. The van der Waals surface area contributed by atoms with Gasteiger partial charge in [-0.15, -0.1) is 0 Å². The molecule has 0 aromatic heterocycles. The Labute approximate surface area is 160 Å². The molecule has 0 heterocycles. The summed E-state index contributed by atoms with van der Waals surface area (Å²) in [6.45, 7) is 1.02. The van der Waals surface area contributed by atoms with Gasteiger partial charge >= 0.3 is 0 Å². The Balaban J connectivity index is 1.50. The van der Waals surface area contributed by atoms with E-state index < -0.39 is 9.84 Å². The van der Waals surface area contributed by atoms with Crippen molar-refractivity contribution in [3.8, 4) is 22.6 Å². The lowest BCUT2D eigenvalue weighted by atomic mass is 10.1. The van der Waals surface area contributed by atoms with E-state index in [1.165, 1.54) is 6.26 Å². The number of hydrogen-bond donors (Lipinski definition) is 0. The van der Waals surface area contributed by atoms with Crippen molar-refractivity contribution in [1.82, 2.24) is 0 Å². The van der Waals surface area contributed by atoms with Crippen LogP contribution in [0, 0.1) is 0 Å². The molecule has 0 spiro atoms. The van der Waals surface area contributed by atoms with Gasteiger partial charge in [-0.3, -0.25) is 0 Å². The van der Waals surface area contributed by atoms with Gasteiger partial charge in [0.15, 0.2) is 9.84 Å². The maximum absolute atomic E-state index is 11.5. The topological polar surface area (TPSA) is 52.6 Å². The molecule has 140 valence electrons. The minimum Gasteiger partial charge on any atom is -0.493 e. The summed E-state index contributed by atoms with van der Waals surface area (Å²) >= 11 is 0. The Morgan fingerprint density at radius 2 is 1.37 bits per heavy atom. The zero-order chi connectivity index (χ0) is 19.1. The zero-order valence-corrected chi connectivity index (χ0v) is 16.0. The van der Waals surface area contributed by atoms with Crippen LogP contribution in [0.3, 0.4) is 0 Å². The Bertz CT molecular complexity index is 965. The average Bonchev–Trinajstić information content (AvgIpc) is 2.68. The highest BCUT2D eigenvalue weighted by Crippen LogP contribution is 2.29. The number of sulfone groups is 1. The summed E-state index contributed by atoms with van der Waals surface area (Å²) < 4.78 is 34.5. The van der Waals surface area contributed by atoms with Crippen LogP contribution in [0.5, 0.6) is 11.5 Å². The second-order valence-corrected chi connectivity index (χ2v) is 8.17. The summed E-state index contributed by atoms with van der Waals surface area (Å²) in [5.41, 5.74) is 2.19. The molecule has 0 atom stereocenters. The molecule has 0 saturated heterocycles. The van der Waals surface area contributed by atoms with Gasteiger partial charge in [-0.05, 0) is 35.9 Å². The molecule has 0 aliphatic carbocycles. The van der Waals surface area contributed by atoms with Crippen molar-refractivity contribution >= 4 is 9.84 Å². The molecule has 0 saturated carbocycles. The molecule has 27 heavy (non-hydrogen) atoms. The standard InChI is InChI=1S/C22H22O4S/c1-27(23,24)20-14-12-19(13-15-20)25-16-7-17-26-22-11-6-5-10-21(22)18-8-3-2-4-9-18/h2-6,8-15H,7,16-17H2,1H3. The molecule has 3 aromatic carbocycles. The normalized spacial score (nSPS) is 11.1. The van der Waals surface area contributed by atoms with E-state index in [1.54, 1.807) is 24.3 Å². The third kappa shape index (κ3) is 5.34. The van der Waals surface area contributed by atoms with Crippen LogP contribution in [0.15, 0.2) is 83.8 Å². The Hall–Kier alpha value is -2.79. The van der Waals surface area contributed by atoms with Crippen LogP contribution in [0.1, 0.15) is 6.42 Å². The molecular weight excluding hydrogens is 360 g/mol. The summed E-state index contributed by atoms with van der Waals surface area (Å²) in [6.07, 6.45) is 1.91. The molecular formula is C22H22O4S. The fraction of sp³-hybridized carbons (Fsp3) is 0.182. The van der Waals surface area contributed by atoms with Gasteiger partial charge in [-0.2, -0.15) is 0 Å². The maximum atomic E-state index is 11.5. The van der Waals surface area contributed by atoms with E-state index in [1.807, 2.05) is 42.5 Å². The van der Waals surface area contributed by atoms with E-state index in [0.717, 1.165) is 23.3 Å². The van der Waals surface area contributed by atoms with Gasteiger partial charge in [0.1, 0.15) is 11.5 Å². The Kier molecular flexibility index (Phi) is 6.14. The maximum Gasteiger partial charge on any atom is 0.175 e. The fourth-order valence-electron chi connectivity index (χ4n) is 2.66. The minimum atomic E-state index is -3.18. The molecule has 3 aromatic rings. The van der Waals surface area contributed by atoms with Crippen molar-refractivity contribution in [1.29, 1.82) is 0 Å². The fourth-order valence-corrected chi connectivity index (χ4v) is 3.29. The molecule has 3 rings (SSSR count). The van der Waals surface area contributed by atoms with Crippen molar-refractivity contribution in [2.24, 2.45) is 0 Å². The smallest absolute Gasteiger partial charge is 0.175 e. The first-order chi connectivity index (χ1) is 13.0. The largest absolute Gasteiger partial charge is 0.493 e. The number of benzene rings is 3. The summed E-state index contributed by atoms with van der Waals surface area (Å²) in [7, 11) is -3.18. The van der Waals surface area contributed by atoms with E-state index in [-0.39, 0.29) is 4.90 Å². The highest BCUT2D eigenvalue weighted by molar-refractivity contribution is 7.90. The van der Waals surface area contributed by atoms with E-state index in [9.17, 15) is 8.42 Å². The van der Waals surface area contributed by atoms with Crippen LogP contribution >= 0.6 is 0 Å². The minimum absolute atomic E-state index is 0.288. The van der Waals surface area contributed by atoms with Crippen molar-refractivity contribution in [2.45, 2.75) is 11.3 Å². The first kappa shape index (κ1) is 19.0. The summed E-state index contributed by atoms with van der Waals surface area (Å²) in [6, 6.07) is 24.5. The second kappa shape index (κ2) is 8.73. The number of hydrogen-bond acceptors (Lipinski definition) is 4. The van der Waals surface area contributed by atoms with Crippen molar-refractivity contribution < 1.29 is 17.9 Å². The lowest BCUT2D eigenvalue weighted by Gasteiger charge is -2.12. The second-order valence-electron chi connectivity index (χ2n) is 6.16. The molecule has 5 heteroatoms. The SMILES string of the molecule is CS(=O)(=O)c1ccc(OCCCOc2ccccc2-c2ccccc2)cc1. The first-order valence-electron chi connectivity index (χ1n) is 8.74. The molecule has 0 bridgehead atoms. The third-order valence-corrected chi connectivity index (χ3v) is 5.17. The van der Waals surface area contributed by atoms with Crippen LogP contribution in [0.25, 0.3) is 11.1 Å². The summed E-state index contributed by atoms with van der Waals surface area (Å²) in [5.74, 6) is 1.49. The van der Waals surface area contributed by atoms with Gasteiger partial charge in [0.25, 0.3) is 0 Å². The summed E-state index contributed by atoms with van der Waals surface area (Å²) in [5, 5.41) is 0. The average molecular weight is 382 g/mol. The van der Waals surface area contributed by atoms with Crippen molar-refractivity contribution in [3.05, 3.63) is 78.9 Å². The summed E-state index contributed by atoms with van der Waals surface area (Å²) in [4.78, 5) is 0.288. The van der Waals surface area contributed by atoms with Gasteiger partial charge in [-0.1, -0.05) is 48.5 Å².